The van der Waals surface area contributed by atoms with Crippen molar-refractivity contribution in [3.63, 3.8) is 0 Å². The molecule has 3 heterocycles. The van der Waals surface area contributed by atoms with E-state index in [1.54, 1.807) is 54.4 Å². The quantitative estimate of drug-likeness (QED) is 0.568. The molecule has 0 radical (unpaired) electrons. The maximum Gasteiger partial charge on any atom is 0.416 e. The molecule has 2 fully saturated rings. The molecule has 2 atom stereocenters. The van der Waals surface area contributed by atoms with Crippen LogP contribution in [-0.2, 0) is 11.0 Å². The molecule has 2 aromatic carbocycles. The van der Waals surface area contributed by atoms with Gasteiger partial charge in [-0.3, -0.25) is 4.79 Å². The molecule has 2 aromatic rings. The minimum Gasteiger partial charge on any atom is -0.758 e. The highest BCUT2D eigenvalue weighted by molar-refractivity contribution is 5.78. The smallest absolute Gasteiger partial charge is 0.416 e. The van der Waals surface area contributed by atoms with E-state index in [0.29, 0.717) is 49.7 Å². The van der Waals surface area contributed by atoms with Gasteiger partial charge in [-0.05, 0) is 48.4 Å². The average molecular weight is 545 g/mol. The second-order valence-electron chi connectivity index (χ2n) is 9.92. The second kappa shape index (κ2) is 10.3. The summed E-state index contributed by atoms with van der Waals surface area (Å²) < 4.78 is 44.1. The van der Waals surface area contributed by atoms with Gasteiger partial charge in [-0.2, -0.15) is 13.2 Å². The highest BCUT2D eigenvalue weighted by atomic mass is 19.4. The average Bonchev–Trinajstić information content (AvgIpc) is 3.26. The van der Waals surface area contributed by atoms with Gasteiger partial charge >= 0.3 is 12.2 Å². The van der Waals surface area contributed by atoms with Crippen molar-refractivity contribution >= 4 is 17.6 Å². The molecule has 3 aliphatic heterocycles. The Morgan fingerprint density at radius 2 is 1.62 bits per heavy atom. The van der Waals surface area contributed by atoms with Crippen molar-refractivity contribution in [3.8, 4) is 5.75 Å². The van der Waals surface area contributed by atoms with E-state index in [2.05, 4.69) is 0 Å². The number of ether oxygens (including phenoxy) is 1. The van der Waals surface area contributed by atoms with Crippen LogP contribution in [-0.4, -0.2) is 84.6 Å². The van der Waals surface area contributed by atoms with Crippen molar-refractivity contribution in [2.45, 2.75) is 24.7 Å². The lowest BCUT2D eigenvalue weighted by molar-refractivity contribution is -0.137. The molecule has 0 N–H and O–H groups in total. The van der Waals surface area contributed by atoms with E-state index >= 15 is 0 Å². The van der Waals surface area contributed by atoms with Gasteiger partial charge in [0.2, 0.25) is 0 Å². The van der Waals surface area contributed by atoms with Crippen LogP contribution < -0.4 is 9.64 Å². The summed E-state index contributed by atoms with van der Waals surface area (Å²) in [5.74, 6) is 0.315. The predicted molar refractivity (Wildman–Crippen MR) is 138 cm³/mol. The largest absolute Gasteiger partial charge is 0.758 e. The zero-order chi connectivity index (χ0) is 27.9. The molecule has 39 heavy (non-hydrogen) atoms. The first-order valence-electron chi connectivity index (χ1n) is 12.6. The summed E-state index contributed by atoms with van der Waals surface area (Å²) in [6, 6.07) is 11.2. The van der Waals surface area contributed by atoms with Crippen molar-refractivity contribution in [3.05, 3.63) is 76.8 Å². The normalized spacial score (nSPS) is 21.7. The summed E-state index contributed by atoms with van der Waals surface area (Å²) in [4.78, 5) is 31.5. The monoisotopic (exact) mass is 544 g/mol. The topological polar surface area (TPSA) is 82.6 Å². The number of rotatable bonds is 5. The van der Waals surface area contributed by atoms with Gasteiger partial charge in [0.1, 0.15) is 5.75 Å². The fourth-order valence-corrected chi connectivity index (χ4v) is 5.26. The number of hydroxylamine groups is 2. The molecular formula is C27H29F3N5O4-. The molecule has 3 amide bonds. The fraction of sp³-hybridized carbons (Fsp3) is 0.407. The van der Waals surface area contributed by atoms with E-state index in [0.717, 1.165) is 22.8 Å². The van der Waals surface area contributed by atoms with Crippen LogP contribution in [0.4, 0.5) is 23.7 Å². The third kappa shape index (κ3) is 5.33. The van der Waals surface area contributed by atoms with Gasteiger partial charge < -0.3 is 34.6 Å². The minimum absolute atomic E-state index is 0.148. The molecule has 0 bridgehead atoms. The number of piperazine rings is 1. The number of carbonyl (C=O) groups excluding carboxylic acids is 2. The lowest BCUT2D eigenvalue weighted by Gasteiger charge is -2.39. The van der Waals surface area contributed by atoms with Crippen molar-refractivity contribution in [2.75, 3.05) is 51.8 Å². The van der Waals surface area contributed by atoms with E-state index < -0.39 is 17.8 Å². The highest BCUT2D eigenvalue weighted by Gasteiger charge is 2.40. The Labute approximate surface area is 224 Å². The molecule has 9 nitrogen and oxygen atoms in total. The third-order valence-corrected chi connectivity index (χ3v) is 7.54. The number of fused-ring (bicyclic) bond motifs is 1. The van der Waals surface area contributed by atoms with E-state index in [4.69, 9.17) is 4.74 Å². The number of hydrogen-bond donors (Lipinski definition) is 0. The number of halogens is 3. The van der Waals surface area contributed by atoms with E-state index in [1.807, 2.05) is 4.90 Å². The van der Waals surface area contributed by atoms with Crippen LogP contribution in [0.2, 0.25) is 0 Å². The standard InChI is InChI=1S/C27H29F3N5O4/c1-31-16-24-23(32(2)26(31)37)15-22(35(24)38)18-3-9-21(10-4-18)39-17-25(36)34-13-11-33(12-14-34)20-7-5-19(6-8-20)27(28,29)30/h3-10,16,22-23H,11-15,17H2,1-2H3/q-1. The van der Waals surface area contributed by atoms with Gasteiger partial charge in [0, 0.05) is 63.9 Å². The van der Waals surface area contributed by atoms with Crippen molar-refractivity contribution in [2.24, 2.45) is 0 Å². The number of hydrogen-bond acceptors (Lipinski definition) is 6. The van der Waals surface area contributed by atoms with Crippen molar-refractivity contribution in [1.29, 1.82) is 0 Å². The van der Waals surface area contributed by atoms with Crippen LogP contribution >= 0.6 is 0 Å². The lowest BCUT2D eigenvalue weighted by atomic mass is 10.0. The van der Waals surface area contributed by atoms with E-state index in [-0.39, 0.29) is 24.6 Å². The highest BCUT2D eigenvalue weighted by Crippen LogP contribution is 2.42. The van der Waals surface area contributed by atoms with Crippen LogP contribution in [0.1, 0.15) is 23.6 Å². The van der Waals surface area contributed by atoms with E-state index in [9.17, 15) is 28.0 Å². The minimum atomic E-state index is -4.37. The fourth-order valence-electron chi connectivity index (χ4n) is 5.26. The predicted octanol–water partition coefficient (Wildman–Crippen LogP) is 3.88. The van der Waals surface area contributed by atoms with Gasteiger partial charge in [0.15, 0.2) is 6.61 Å². The Kier molecular flexibility index (Phi) is 7.06. The summed E-state index contributed by atoms with van der Waals surface area (Å²) in [7, 11) is 3.31. The number of anilines is 1. The first-order chi connectivity index (χ1) is 18.5. The number of carbonyl (C=O) groups is 2. The molecule has 0 spiro atoms. The molecule has 0 aromatic heterocycles. The first-order valence-corrected chi connectivity index (χ1v) is 12.6. The molecule has 208 valence electrons. The van der Waals surface area contributed by atoms with E-state index in [1.165, 1.54) is 17.0 Å². The maximum atomic E-state index is 12.9. The zero-order valence-corrected chi connectivity index (χ0v) is 21.6. The first kappa shape index (κ1) is 26.7. The van der Waals surface area contributed by atoms with Crippen LogP contribution in [0.15, 0.2) is 60.4 Å². The SMILES string of the molecule is CN1C=C2C(CC(c3ccc(OCC(=O)N4CCN(c5ccc(C(F)(F)F)cc5)CC4)cc3)N2[O-])N(C)C1=O. The lowest BCUT2D eigenvalue weighted by Crippen LogP contribution is -2.50. The summed E-state index contributed by atoms with van der Waals surface area (Å²) in [5, 5.41) is 13.9. The summed E-state index contributed by atoms with van der Waals surface area (Å²) >= 11 is 0. The van der Waals surface area contributed by atoms with Crippen molar-refractivity contribution in [1.82, 2.24) is 19.8 Å². The molecule has 3 aliphatic rings. The molecule has 0 aliphatic carbocycles. The molecule has 12 heteroatoms. The van der Waals surface area contributed by atoms with Crippen LogP contribution in [0.5, 0.6) is 5.75 Å². The Balaban J connectivity index is 1.11. The van der Waals surface area contributed by atoms with Crippen LogP contribution in [0.25, 0.3) is 0 Å². The third-order valence-electron chi connectivity index (χ3n) is 7.54. The number of urea groups is 1. The van der Waals surface area contributed by atoms with Crippen molar-refractivity contribution < 1.29 is 27.5 Å². The molecule has 5 rings (SSSR count). The van der Waals surface area contributed by atoms with Gasteiger partial charge in [-0.15, -0.1) is 0 Å². The number of nitrogens with zero attached hydrogens (tertiary/aromatic N) is 5. The van der Waals surface area contributed by atoms with Gasteiger partial charge in [-0.25, -0.2) is 4.79 Å². The Morgan fingerprint density at radius 1 is 0.974 bits per heavy atom. The zero-order valence-electron chi connectivity index (χ0n) is 21.6. The summed E-state index contributed by atoms with van der Waals surface area (Å²) in [6.07, 6.45) is -2.29. The molecule has 0 saturated carbocycles. The molecular weight excluding hydrogens is 515 g/mol. The van der Waals surface area contributed by atoms with Gasteiger partial charge in [0.25, 0.3) is 5.91 Å². The Hall–Kier alpha value is -3.93. The van der Waals surface area contributed by atoms with Crippen LogP contribution in [0, 0.1) is 5.21 Å². The van der Waals surface area contributed by atoms with Gasteiger partial charge in [0.05, 0.1) is 11.6 Å². The molecule has 2 unspecified atom stereocenters. The number of alkyl halides is 3. The maximum absolute atomic E-state index is 12.9. The van der Waals surface area contributed by atoms with Gasteiger partial charge in [-0.1, -0.05) is 12.1 Å². The number of amides is 3. The summed E-state index contributed by atoms with van der Waals surface area (Å²) in [6.45, 7) is 1.74. The summed E-state index contributed by atoms with van der Waals surface area (Å²) in [5.41, 5.74) is 1.34. The van der Waals surface area contributed by atoms with Crippen LogP contribution in [0.3, 0.4) is 0 Å². The number of likely N-dealkylation sites (N-methyl/N-ethyl adjacent to an activating group) is 1. The second-order valence-corrected chi connectivity index (χ2v) is 9.92. The Bertz CT molecular complexity index is 1240. The Morgan fingerprint density at radius 3 is 2.23 bits per heavy atom. The number of benzene rings is 2. The molecule has 2 saturated heterocycles.